The third-order valence-corrected chi connectivity index (χ3v) is 9.48. The summed E-state index contributed by atoms with van der Waals surface area (Å²) in [6.45, 7) is 1.41. The number of morpholine rings is 1. The lowest BCUT2D eigenvalue weighted by atomic mass is 10.0. The molecule has 2 aromatic carbocycles. The highest BCUT2D eigenvalue weighted by molar-refractivity contribution is 6.30. The van der Waals surface area contributed by atoms with Crippen molar-refractivity contribution in [2.45, 2.75) is 62.0 Å². The van der Waals surface area contributed by atoms with Crippen molar-refractivity contribution in [3.05, 3.63) is 64.4 Å². The van der Waals surface area contributed by atoms with Crippen molar-refractivity contribution in [3.63, 3.8) is 0 Å². The molecule has 3 amide bonds. The summed E-state index contributed by atoms with van der Waals surface area (Å²) in [5, 5.41) is 24.7. The normalized spacial score (nSPS) is 30.8. The standard InChI is InChI=1S/C32H38ClFN4O8/c1-44-21-5-3-19(4-6-21)31(42)38-16-22-15-36(8-9-45-22)32(43)25-11-20(14-37(25)13-18-2-7-23(33)24(34)10-18)35-28(39)12-26-29(40)30(41)27(17-38)46-26/h2-7,10,20,22,25-27,29-30,40-41H,8-9,11-17H2,1H3,(H,35,39)/t20-,22-,25-,26-,27+,29-,30+/m0/s1. The highest BCUT2D eigenvalue weighted by atomic mass is 35.5. The molecule has 0 aliphatic carbocycles. The first kappa shape index (κ1) is 32.6. The molecule has 3 N–H and O–H groups in total. The molecule has 14 heteroatoms. The van der Waals surface area contributed by atoms with Gasteiger partial charge in [0.05, 0.1) is 43.4 Å². The number of rotatable bonds is 4. The number of aliphatic hydroxyl groups is 2. The number of nitrogens with one attached hydrogen (secondary N) is 1. The number of halogens is 2. The molecular weight excluding hydrogens is 623 g/mol. The van der Waals surface area contributed by atoms with Crippen LogP contribution in [0, 0.1) is 5.82 Å². The molecule has 4 fully saturated rings. The van der Waals surface area contributed by atoms with Crippen molar-refractivity contribution < 1.29 is 43.2 Å². The van der Waals surface area contributed by atoms with Gasteiger partial charge in [0, 0.05) is 50.9 Å². The predicted molar refractivity (Wildman–Crippen MR) is 163 cm³/mol. The molecule has 46 heavy (non-hydrogen) atoms. The number of ether oxygens (including phenoxy) is 3. The van der Waals surface area contributed by atoms with Crippen LogP contribution in [0.4, 0.5) is 4.39 Å². The largest absolute Gasteiger partial charge is 0.497 e. The average Bonchev–Trinajstić information content (AvgIpc) is 3.56. The smallest absolute Gasteiger partial charge is 0.254 e. The quantitative estimate of drug-likeness (QED) is 0.435. The summed E-state index contributed by atoms with van der Waals surface area (Å²) in [5.74, 6) is -0.886. The summed E-state index contributed by atoms with van der Waals surface area (Å²) >= 11 is 5.88. The Kier molecular flexibility index (Phi) is 9.78. The van der Waals surface area contributed by atoms with E-state index in [0.717, 1.165) is 0 Å². The fourth-order valence-electron chi connectivity index (χ4n) is 6.79. The van der Waals surface area contributed by atoms with Gasteiger partial charge in [0.15, 0.2) is 0 Å². The lowest BCUT2D eigenvalue weighted by Crippen LogP contribution is -2.55. The van der Waals surface area contributed by atoms with Crippen molar-refractivity contribution in [1.29, 1.82) is 0 Å². The van der Waals surface area contributed by atoms with Gasteiger partial charge in [0.1, 0.15) is 29.9 Å². The molecule has 248 valence electrons. The zero-order valence-corrected chi connectivity index (χ0v) is 26.1. The molecule has 0 saturated carbocycles. The van der Waals surface area contributed by atoms with E-state index in [0.29, 0.717) is 36.4 Å². The number of carbonyl (C=O) groups is 3. The maximum Gasteiger partial charge on any atom is 0.254 e. The number of fused-ring (bicyclic) bond motifs is 6. The first-order valence-electron chi connectivity index (χ1n) is 15.4. The minimum Gasteiger partial charge on any atom is -0.497 e. The monoisotopic (exact) mass is 660 g/mol. The van der Waals surface area contributed by atoms with Crippen molar-refractivity contribution in [3.8, 4) is 5.75 Å². The van der Waals surface area contributed by atoms with E-state index in [2.05, 4.69) is 5.32 Å². The Morgan fingerprint density at radius 2 is 1.83 bits per heavy atom. The molecular formula is C32H38ClFN4O8. The van der Waals surface area contributed by atoms with Gasteiger partial charge in [-0.25, -0.2) is 4.39 Å². The van der Waals surface area contributed by atoms with E-state index in [9.17, 15) is 29.0 Å². The van der Waals surface area contributed by atoms with Crippen LogP contribution < -0.4 is 10.1 Å². The summed E-state index contributed by atoms with van der Waals surface area (Å²) in [6, 6.07) is 10.1. The average molecular weight is 661 g/mol. The molecule has 12 nitrogen and oxygen atoms in total. The van der Waals surface area contributed by atoms with E-state index in [1.165, 1.54) is 24.1 Å². The van der Waals surface area contributed by atoms with E-state index in [-0.39, 0.29) is 62.1 Å². The topological polar surface area (TPSA) is 141 Å². The Balaban J connectivity index is 1.28. The Bertz CT molecular complexity index is 1450. The summed E-state index contributed by atoms with van der Waals surface area (Å²) in [7, 11) is 1.53. The SMILES string of the molecule is COc1ccc(C(=O)N2C[C@@H]3CN(CCO3)C(=O)[C@@H]3C[C@@H](CN3Cc3ccc(Cl)c(F)c3)NC(=O)C[C@@H]3O[C@H](C2)[C@@H](O)[C@H]3O)cc1. The molecule has 6 rings (SSSR count). The molecule has 4 heterocycles. The van der Waals surface area contributed by atoms with Gasteiger partial charge in [-0.15, -0.1) is 0 Å². The second-order valence-corrected chi connectivity index (χ2v) is 12.7. The third-order valence-electron chi connectivity index (χ3n) is 9.17. The van der Waals surface area contributed by atoms with Crippen LogP contribution in [-0.2, 0) is 25.6 Å². The third kappa shape index (κ3) is 6.99. The maximum atomic E-state index is 14.3. The molecule has 4 aliphatic rings. The minimum absolute atomic E-state index is 0.00264. The predicted octanol–water partition coefficient (Wildman–Crippen LogP) is 0.810. The fraction of sp³-hybridized carbons (Fsp3) is 0.531. The molecule has 0 radical (unpaired) electrons. The van der Waals surface area contributed by atoms with Crippen LogP contribution in [0.25, 0.3) is 0 Å². The highest BCUT2D eigenvalue weighted by Gasteiger charge is 2.46. The number of methoxy groups -OCH3 is 1. The number of nitrogens with zero attached hydrogens (tertiary/aromatic N) is 3. The van der Waals surface area contributed by atoms with E-state index >= 15 is 0 Å². The number of carbonyl (C=O) groups excluding carboxylic acids is 3. The molecule has 2 aromatic rings. The minimum atomic E-state index is -1.35. The zero-order valence-electron chi connectivity index (χ0n) is 25.4. The number of hydrogen-bond acceptors (Lipinski definition) is 9. The molecule has 0 spiro atoms. The zero-order chi connectivity index (χ0) is 32.5. The van der Waals surface area contributed by atoms with Crippen LogP contribution in [0.2, 0.25) is 5.02 Å². The van der Waals surface area contributed by atoms with E-state index in [4.69, 9.17) is 25.8 Å². The molecule has 4 aliphatic heterocycles. The molecule has 7 atom stereocenters. The highest BCUT2D eigenvalue weighted by Crippen LogP contribution is 2.29. The molecule has 6 bridgehead atoms. The van der Waals surface area contributed by atoms with Crippen LogP contribution in [0.1, 0.15) is 28.8 Å². The number of hydrogen-bond donors (Lipinski definition) is 3. The first-order valence-corrected chi connectivity index (χ1v) is 15.8. The lowest BCUT2D eigenvalue weighted by molar-refractivity contribution is -0.144. The second kappa shape index (κ2) is 13.8. The Labute approximate surface area is 270 Å². The van der Waals surface area contributed by atoms with Crippen LogP contribution in [0.5, 0.6) is 5.75 Å². The lowest BCUT2D eigenvalue weighted by Gasteiger charge is -2.38. The summed E-state index contributed by atoms with van der Waals surface area (Å²) in [4.78, 5) is 46.1. The fourth-order valence-corrected chi connectivity index (χ4v) is 6.90. The van der Waals surface area contributed by atoms with Crippen molar-refractivity contribution in [1.82, 2.24) is 20.0 Å². The first-order chi connectivity index (χ1) is 22.1. The Morgan fingerprint density at radius 3 is 2.57 bits per heavy atom. The van der Waals surface area contributed by atoms with Gasteiger partial charge in [0.2, 0.25) is 11.8 Å². The maximum absolute atomic E-state index is 14.3. The summed E-state index contributed by atoms with van der Waals surface area (Å²) in [5.41, 5.74) is 1.00. The van der Waals surface area contributed by atoms with Crippen LogP contribution in [0.15, 0.2) is 42.5 Å². The Morgan fingerprint density at radius 1 is 1.07 bits per heavy atom. The van der Waals surface area contributed by atoms with Crippen LogP contribution in [0.3, 0.4) is 0 Å². The van der Waals surface area contributed by atoms with Crippen molar-refractivity contribution >= 4 is 29.3 Å². The van der Waals surface area contributed by atoms with Gasteiger partial charge in [-0.2, -0.15) is 0 Å². The van der Waals surface area contributed by atoms with Gasteiger partial charge < -0.3 is 39.5 Å². The van der Waals surface area contributed by atoms with Gasteiger partial charge >= 0.3 is 0 Å². The van der Waals surface area contributed by atoms with E-state index in [1.54, 1.807) is 35.2 Å². The molecule has 0 aromatic heterocycles. The number of aliphatic hydroxyl groups excluding tert-OH is 2. The second-order valence-electron chi connectivity index (χ2n) is 12.3. The van der Waals surface area contributed by atoms with Crippen molar-refractivity contribution in [2.75, 3.05) is 46.4 Å². The number of benzene rings is 2. The van der Waals surface area contributed by atoms with E-state index in [1.807, 2.05) is 4.90 Å². The Hall–Kier alpha value is -3.33. The summed E-state index contributed by atoms with van der Waals surface area (Å²) in [6.07, 6.45) is -5.09. The molecule has 4 saturated heterocycles. The van der Waals surface area contributed by atoms with Gasteiger partial charge in [0.25, 0.3) is 5.91 Å². The number of amides is 3. The van der Waals surface area contributed by atoms with E-state index < -0.39 is 48.3 Å². The molecule has 0 unspecified atom stereocenters. The van der Waals surface area contributed by atoms with Gasteiger partial charge in [-0.1, -0.05) is 17.7 Å². The van der Waals surface area contributed by atoms with Crippen LogP contribution >= 0.6 is 11.6 Å². The van der Waals surface area contributed by atoms with Gasteiger partial charge in [-0.3, -0.25) is 19.3 Å². The van der Waals surface area contributed by atoms with Crippen molar-refractivity contribution in [2.24, 2.45) is 0 Å². The van der Waals surface area contributed by atoms with Crippen LogP contribution in [-0.4, -0.2) is 132 Å². The summed E-state index contributed by atoms with van der Waals surface area (Å²) < 4.78 is 31.5. The number of likely N-dealkylation sites (tertiary alicyclic amines) is 1. The van der Waals surface area contributed by atoms with Gasteiger partial charge in [-0.05, 0) is 48.4 Å².